The number of nitro groups is 1. The molecule has 9 heteroatoms. The molecule has 0 aliphatic carbocycles. The van der Waals surface area contributed by atoms with Crippen molar-refractivity contribution in [3.63, 3.8) is 0 Å². The van der Waals surface area contributed by atoms with E-state index in [4.69, 9.17) is 16.4 Å². The predicted octanol–water partition coefficient (Wildman–Crippen LogP) is 3.28. The van der Waals surface area contributed by atoms with E-state index in [0.29, 0.717) is 10.6 Å². The minimum absolute atomic E-state index is 0.115. The van der Waals surface area contributed by atoms with Crippen molar-refractivity contribution in [2.24, 2.45) is 10.8 Å². The fraction of sp³-hybridized carbons (Fsp3) is 0.0625. The zero-order chi connectivity index (χ0) is 18.4. The Kier molecular flexibility index (Phi) is 5.71. The smallest absolute Gasteiger partial charge is 0.272 e. The summed E-state index contributed by atoms with van der Waals surface area (Å²) in [6, 6.07) is 13.8. The summed E-state index contributed by atoms with van der Waals surface area (Å²) in [7, 11) is 0. The van der Waals surface area contributed by atoms with E-state index in [2.05, 4.69) is 10.5 Å². The summed E-state index contributed by atoms with van der Waals surface area (Å²) in [5.74, 6) is -0.491. The molecule has 0 aliphatic rings. The van der Waals surface area contributed by atoms with Crippen LogP contribution >= 0.6 is 11.8 Å². The molecule has 8 nitrogen and oxygen atoms in total. The van der Waals surface area contributed by atoms with Gasteiger partial charge in [-0.05, 0) is 25.1 Å². The van der Waals surface area contributed by atoms with Gasteiger partial charge >= 0.3 is 0 Å². The topological polar surface area (TPSA) is 141 Å². The summed E-state index contributed by atoms with van der Waals surface area (Å²) in [6.45, 7) is 1.98. The number of hydrazone groups is 1. The van der Waals surface area contributed by atoms with Gasteiger partial charge in [0.1, 0.15) is 6.07 Å². The summed E-state index contributed by atoms with van der Waals surface area (Å²) in [5, 5.41) is 30.9. The van der Waals surface area contributed by atoms with E-state index in [1.54, 1.807) is 12.1 Å². The zero-order valence-corrected chi connectivity index (χ0v) is 14.0. The van der Waals surface area contributed by atoms with Crippen LogP contribution in [-0.2, 0) is 0 Å². The van der Waals surface area contributed by atoms with Gasteiger partial charge in [0.05, 0.1) is 10.6 Å². The van der Waals surface area contributed by atoms with Crippen molar-refractivity contribution < 1.29 is 4.92 Å². The highest BCUT2D eigenvalue weighted by Gasteiger charge is 2.11. The Morgan fingerprint density at radius 3 is 2.56 bits per heavy atom. The number of aryl methyl sites for hydroxylation is 1. The molecule has 0 aliphatic heterocycles. The number of rotatable bonds is 6. The van der Waals surface area contributed by atoms with Crippen LogP contribution in [-0.4, -0.2) is 16.5 Å². The van der Waals surface area contributed by atoms with Crippen molar-refractivity contribution in [3.8, 4) is 6.07 Å². The molecule has 0 aromatic heterocycles. The van der Waals surface area contributed by atoms with Gasteiger partial charge in [0.2, 0.25) is 5.71 Å². The molecular weight excluding hydrogens is 340 g/mol. The summed E-state index contributed by atoms with van der Waals surface area (Å²) >= 11 is 1.36. The molecule has 0 fully saturated rings. The number of benzene rings is 2. The number of hydrogen-bond acceptors (Lipinski definition) is 7. The van der Waals surface area contributed by atoms with E-state index in [-0.39, 0.29) is 11.4 Å². The predicted molar refractivity (Wildman–Crippen MR) is 97.0 cm³/mol. The van der Waals surface area contributed by atoms with E-state index in [9.17, 15) is 10.1 Å². The molecular formula is C16H14N6O2S. The first-order valence-electron chi connectivity index (χ1n) is 7.01. The third kappa shape index (κ3) is 5.05. The number of amidine groups is 1. The Labute approximate surface area is 148 Å². The fourth-order valence-electron chi connectivity index (χ4n) is 1.82. The van der Waals surface area contributed by atoms with Crippen LogP contribution in [0, 0.1) is 33.8 Å². The van der Waals surface area contributed by atoms with Crippen LogP contribution in [0.15, 0.2) is 57.4 Å². The Bertz CT molecular complexity index is 886. The van der Waals surface area contributed by atoms with Crippen LogP contribution in [0.1, 0.15) is 5.56 Å². The summed E-state index contributed by atoms with van der Waals surface area (Å²) in [6.07, 6.45) is 0. The maximum absolute atomic E-state index is 11.1. The number of nitrogens with two attached hydrogens (primary N) is 1. The van der Waals surface area contributed by atoms with E-state index < -0.39 is 10.8 Å². The molecule has 0 atom stereocenters. The van der Waals surface area contributed by atoms with Gasteiger partial charge in [-0.3, -0.25) is 20.9 Å². The second-order valence-electron chi connectivity index (χ2n) is 4.99. The standard InChI is InChI=1S/C16H14N6O2S/c1-10-2-4-13(5-3-10)25-14-7-11(6-12(8-14)22(23)24)20-21-15(9-17)16(18)19/h2-8,20H,1H3,(H3,18,19)/b21-15+. The maximum atomic E-state index is 11.1. The Morgan fingerprint density at radius 1 is 1.32 bits per heavy atom. The minimum atomic E-state index is -0.510. The quantitative estimate of drug-likeness (QED) is 0.314. The lowest BCUT2D eigenvalue weighted by Crippen LogP contribution is -2.21. The molecule has 0 amide bonds. The highest BCUT2D eigenvalue weighted by molar-refractivity contribution is 7.99. The molecule has 2 rings (SSSR count). The molecule has 0 saturated carbocycles. The van der Waals surface area contributed by atoms with Crippen LogP contribution < -0.4 is 11.2 Å². The first-order valence-corrected chi connectivity index (χ1v) is 7.83. The highest BCUT2D eigenvalue weighted by Crippen LogP contribution is 2.33. The second-order valence-corrected chi connectivity index (χ2v) is 6.13. The molecule has 2 aromatic carbocycles. The van der Waals surface area contributed by atoms with Gasteiger partial charge in [0, 0.05) is 21.9 Å². The van der Waals surface area contributed by atoms with Gasteiger partial charge in [-0.15, -0.1) is 0 Å². The normalized spacial score (nSPS) is 10.8. The highest BCUT2D eigenvalue weighted by atomic mass is 32.2. The van der Waals surface area contributed by atoms with Crippen LogP contribution in [0.5, 0.6) is 0 Å². The average molecular weight is 354 g/mol. The van der Waals surface area contributed by atoms with E-state index in [0.717, 1.165) is 10.5 Å². The first kappa shape index (κ1) is 18.0. The molecule has 0 bridgehead atoms. The molecule has 0 saturated heterocycles. The van der Waals surface area contributed by atoms with Gasteiger partial charge in [-0.2, -0.15) is 10.4 Å². The number of nitrogens with one attached hydrogen (secondary N) is 2. The molecule has 0 unspecified atom stereocenters. The lowest BCUT2D eigenvalue weighted by atomic mass is 10.2. The third-order valence-corrected chi connectivity index (χ3v) is 4.00. The van der Waals surface area contributed by atoms with Crippen molar-refractivity contribution in [3.05, 3.63) is 58.1 Å². The van der Waals surface area contributed by atoms with Crippen molar-refractivity contribution in [1.82, 2.24) is 0 Å². The molecule has 2 aromatic rings. The van der Waals surface area contributed by atoms with Gasteiger partial charge in [-0.1, -0.05) is 29.5 Å². The average Bonchev–Trinajstić information content (AvgIpc) is 2.57. The van der Waals surface area contributed by atoms with Gasteiger partial charge in [0.15, 0.2) is 5.84 Å². The van der Waals surface area contributed by atoms with Crippen LogP contribution in [0.3, 0.4) is 0 Å². The van der Waals surface area contributed by atoms with Crippen molar-refractivity contribution in [1.29, 1.82) is 10.7 Å². The van der Waals surface area contributed by atoms with Crippen LogP contribution in [0.2, 0.25) is 0 Å². The largest absolute Gasteiger partial charge is 0.382 e. The van der Waals surface area contributed by atoms with Gasteiger partial charge in [0.25, 0.3) is 5.69 Å². The fourth-order valence-corrected chi connectivity index (χ4v) is 2.73. The molecule has 0 radical (unpaired) electrons. The minimum Gasteiger partial charge on any atom is -0.382 e. The number of non-ortho nitro benzene ring substituents is 1. The van der Waals surface area contributed by atoms with E-state index in [1.165, 1.54) is 23.9 Å². The number of nitrogens with zero attached hydrogens (tertiary/aromatic N) is 3. The summed E-state index contributed by atoms with van der Waals surface area (Å²) < 4.78 is 0. The van der Waals surface area contributed by atoms with Crippen LogP contribution in [0.25, 0.3) is 0 Å². The number of hydrogen-bond donors (Lipinski definition) is 3. The molecule has 0 heterocycles. The van der Waals surface area contributed by atoms with Crippen LogP contribution in [0.4, 0.5) is 11.4 Å². The summed E-state index contributed by atoms with van der Waals surface area (Å²) in [5.41, 5.74) is 8.76. The Hall–Kier alpha value is -3.38. The lowest BCUT2D eigenvalue weighted by molar-refractivity contribution is -0.385. The second kappa shape index (κ2) is 7.94. The van der Waals surface area contributed by atoms with E-state index in [1.807, 2.05) is 31.2 Å². The zero-order valence-electron chi connectivity index (χ0n) is 13.2. The van der Waals surface area contributed by atoms with Crippen molar-refractivity contribution in [2.75, 3.05) is 5.43 Å². The van der Waals surface area contributed by atoms with Crippen molar-refractivity contribution >= 4 is 34.7 Å². The van der Waals surface area contributed by atoms with Crippen molar-refractivity contribution in [2.45, 2.75) is 16.7 Å². The first-order chi connectivity index (χ1) is 11.9. The lowest BCUT2D eigenvalue weighted by Gasteiger charge is -2.06. The number of anilines is 1. The van der Waals surface area contributed by atoms with E-state index >= 15 is 0 Å². The number of nitriles is 1. The molecule has 126 valence electrons. The monoisotopic (exact) mass is 354 g/mol. The van der Waals surface area contributed by atoms with Gasteiger partial charge < -0.3 is 5.73 Å². The molecule has 25 heavy (non-hydrogen) atoms. The number of nitro benzene ring substituents is 1. The summed E-state index contributed by atoms with van der Waals surface area (Å²) in [4.78, 5) is 12.2. The Morgan fingerprint density at radius 2 is 2.00 bits per heavy atom. The molecule has 0 spiro atoms. The molecule has 4 N–H and O–H groups in total. The Balaban J connectivity index is 2.33. The third-order valence-electron chi connectivity index (χ3n) is 3.02. The maximum Gasteiger partial charge on any atom is 0.272 e. The van der Waals surface area contributed by atoms with Gasteiger partial charge in [-0.25, -0.2) is 0 Å². The SMILES string of the molecule is Cc1ccc(Sc2cc(N/N=C(\C#N)C(=N)N)cc([N+](=O)[O-])c2)cc1.